The Labute approximate surface area is 111 Å². The Kier molecular flexibility index (Phi) is 5.76. The van der Waals surface area contributed by atoms with Crippen LogP contribution in [0.2, 0.25) is 5.02 Å². The SMILES string of the molecule is FC(F)(F)SCCOc1ccc(Cl)cc1CCl. The van der Waals surface area contributed by atoms with E-state index in [-0.39, 0.29) is 30.0 Å². The molecule has 1 nitrogen and oxygen atoms in total. The largest absolute Gasteiger partial charge is 0.492 e. The van der Waals surface area contributed by atoms with Crippen molar-refractivity contribution in [3.05, 3.63) is 28.8 Å². The zero-order chi connectivity index (χ0) is 12.9. The summed E-state index contributed by atoms with van der Waals surface area (Å²) in [4.78, 5) is 0. The van der Waals surface area contributed by atoms with Gasteiger partial charge in [-0.1, -0.05) is 11.6 Å². The quantitative estimate of drug-likeness (QED) is 0.575. The molecule has 0 heterocycles. The first kappa shape index (κ1) is 14.8. The molecule has 0 aliphatic heterocycles. The fourth-order valence-corrected chi connectivity index (χ4v) is 1.90. The maximum Gasteiger partial charge on any atom is 0.441 e. The van der Waals surface area contributed by atoms with Crippen molar-refractivity contribution in [1.82, 2.24) is 0 Å². The fourth-order valence-electron chi connectivity index (χ4n) is 1.10. The maximum absolute atomic E-state index is 11.8. The molecule has 17 heavy (non-hydrogen) atoms. The van der Waals surface area contributed by atoms with Crippen molar-refractivity contribution in [2.24, 2.45) is 0 Å². The number of hydrogen-bond acceptors (Lipinski definition) is 2. The number of halogens is 5. The van der Waals surface area contributed by atoms with Crippen LogP contribution >= 0.6 is 35.0 Å². The molecule has 0 saturated carbocycles. The summed E-state index contributed by atoms with van der Waals surface area (Å²) in [6.45, 7) is -0.0320. The first-order chi connectivity index (χ1) is 7.92. The molecule has 1 aromatic carbocycles. The van der Waals surface area contributed by atoms with Crippen molar-refractivity contribution < 1.29 is 17.9 Å². The molecule has 0 aliphatic rings. The molecule has 0 N–H and O–H groups in total. The van der Waals surface area contributed by atoms with Crippen LogP contribution in [0.5, 0.6) is 5.75 Å². The third-order valence-electron chi connectivity index (χ3n) is 1.77. The number of hydrogen-bond donors (Lipinski definition) is 0. The van der Waals surface area contributed by atoms with Gasteiger partial charge in [0.2, 0.25) is 0 Å². The van der Waals surface area contributed by atoms with Gasteiger partial charge >= 0.3 is 5.51 Å². The van der Waals surface area contributed by atoms with Gasteiger partial charge in [0.25, 0.3) is 0 Å². The summed E-state index contributed by atoms with van der Waals surface area (Å²) >= 11 is 11.3. The summed E-state index contributed by atoms with van der Waals surface area (Å²) in [5.74, 6) is 0.503. The number of rotatable bonds is 5. The summed E-state index contributed by atoms with van der Waals surface area (Å²) in [5, 5.41) is 0.512. The van der Waals surface area contributed by atoms with Gasteiger partial charge in [-0.15, -0.1) is 11.6 Å². The minimum absolute atomic E-state index is 0.0320. The molecule has 0 spiro atoms. The Morgan fingerprint density at radius 2 is 2.00 bits per heavy atom. The van der Waals surface area contributed by atoms with E-state index in [1.54, 1.807) is 18.2 Å². The second kappa shape index (κ2) is 6.61. The van der Waals surface area contributed by atoms with Crippen LogP contribution in [0.15, 0.2) is 18.2 Å². The lowest BCUT2D eigenvalue weighted by molar-refractivity contribution is -0.0329. The highest BCUT2D eigenvalue weighted by atomic mass is 35.5. The standard InChI is InChI=1S/C10H9Cl2F3OS/c11-6-7-5-8(12)1-2-9(7)16-3-4-17-10(13,14)15/h1-2,5H,3-4,6H2. The Morgan fingerprint density at radius 3 is 2.59 bits per heavy atom. The number of ether oxygens (including phenoxy) is 1. The molecule has 0 bridgehead atoms. The monoisotopic (exact) mass is 304 g/mol. The molecule has 1 aromatic rings. The number of benzene rings is 1. The van der Waals surface area contributed by atoms with E-state index >= 15 is 0 Å². The normalized spacial score (nSPS) is 11.6. The second-order valence-electron chi connectivity index (χ2n) is 3.03. The van der Waals surface area contributed by atoms with Crippen LogP contribution in [0.4, 0.5) is 13.2 Å². The van der Waals surface area contributed by atoms with Crippen LogP contribution in [-0.2, 0) is 5.88 Å². The molecule has 1 rings (SSSR count). The molecule has 0 atom stereocenters. The van der Waals surface area contributed by atoms with Gasteiger partial charge in [-0.2, -0.15) is 13.2 Å². The van der Waals surface area contributed by atoms with E-state index in [0.717, 1.165) is 0 Å². The van der Waals surface area contributed by atoms with Gasteiger partial charge in [0, 0.05) is 16.3 Å². The van der Waals surface area contributed by atoms with Crippen LogP contribution in [0, 0.1) is 0 Å². The number of thioether (sulfide) groups is 1. The minimum Gasteiger partial charge on any atom is -0.492 e. The van der Waals surface area contributed by atoms with E-state index < -0.39 is 5.51 Å². The zero-order valence-electron chi connectivity index (χ0n) is 8.56. The van der Waals surface area contributed by atoms with Crippen molar-refractivity contribution >= 4 is 35.0 Å². The molecular weight excluding hydrogens is 296 g/mol. The van der Waals surface area contributed by atoms with Gasteiger partial charge in [-0.05, 0) is 30.0 Å². The lowest BCUT2D eigenvalue weighted by Gasteiger charge is -2.10. The zero-order valence-corrected chi connectivity index (χ0v) is 10.9. The van der Waals surface area contributed by atoms with E-state index in [1.807, 2.05) is 0 Å². The Balaban J connectivity index is 2.46. The molecule has 0 fully saturated rings. The van der Waals surface area contributed by atoms with Gasteiger partial charge < -0.3 is 4.74 Å². The topological polar surface area (TPSA) is 9.23 Å². The van der Waals surface area contributed by atoms with E-state index in [9.17, 15) is 13.2 Å². The van der Waals surface area contributed by atoms with Gasteiger partial charge in [0.1, 0.15) is 5.75 Å². The highest BCUT2D eigenvalue weighted by Crippen LogP contribution is 2.30. The van der Waals surface area contributed by atoms with Crippen molar-refractivity contribution in [1.29, 1.82) is 0 Å². The maximum atomic E-state index is 11.8. The van der Waals surface area contributed by atoms with Crippen molar-refractivity contribution in [2.45, 2.75) is 11.4 Å². The highest BCUT2D eigenvalue weighted by Gasteiger charge is 2.27. The first-order valence-electron chi connectivity index (χ1n) is 4.60. The van der Waals surface area contributed by atoms with Crippen LogP contribution in [0.3, 0.4) is 0 Å². The molecule has 0 amide bonds. The molecular formula is C10H9Cl2F3OS. The van der Waals surface area contributed by atoms with Crippen molar-refractivity contribution in [3.8, 4) is 5.75 Å². The third kappa shape index (κ3) is 5.75. The summed E-state index contributed by atoms with van der Waals surface area (Å²) in [6, 6.07) is 4.82. The predicted molar refractivity (Wildman–Crippen MR) is 65.0 cm³/mol. The average molecular weight is 305 g/mol. The summed E-state index contributed by atoms with van der Waals surface area (Å²) in [7, 11) is 0. The predicted octanol–water partition coefficient (Wildman–Crippen LogP) is 4.71. The van der Waals surface area contributed by atoms with Crippen LogP contribution in [0.1, 0.15) is 5.56 Å². The molecule has 0 radical (unpaired) electrons. The van der Waals surface area contributed by atoms with Gasteiger partial charge in [-0.25, -0.2) is 0 Å². The van der Waals surface area contributed by atoms with Gasteiger partial charge in [-0.3, -0.25) is 0 Å². The van der Waals surface area contributed by atoms with E-state index in [1.165, 1.54) is 0 Å². The summed E-state index contributed by atoms with van der Waals surface area (Å²) in [6.07, 6.45) is 0. The molecule has 0 unspecified atom stereocenters. The second-order valence-corrected chi connectivity index (χ2v) is 4.89. The minimum atomic E-state index is -4.22. The van der Waals surface area contributed by atoms with Crippen molar-refractivity contribution in [2.75, 3.05) is 12.4 Å². The Hall–Kier alpha value is -0.260. The van der Waals surface area contributed by atoms with Crippen LogP contribution in [0.25, 0.3) is 0 Å². The number of alkyl halides is 4. The summed E-state index contributed by atoms with van der Waals surface area (Å²) in [5.41, 5.74) is -3.56. The van der Waals surface area contributed by atoms with E-state index in [2.05, 4.69) is 0 Å². The molecule has 0 aliphatic carbocycles. The van der Waals surface area contributed by atoms with E-state index in [0.29, 0.717) is 16.3 Å². The Morgan fingerprint density at radius 1 is 1.29 bits per heavy atom. The molecule has 0 saturated heterocycles. The smallest absolute Gasteiger partial charge is 0.441 e. The molecule has 0 aromatic heterocycles. The van der Waals surface area contributed by atoms with Crippen LogP contribution < -0.4 is 4.74 Å². The molecule has 96 valence electrons. The van der Waals surface area contributed by atoms with E-state index in [4.69, 9.17) is 27.9 Å². The van der Waals surface area contributed by atoms with Crippen LogP contribution in [-0.4, -0.2) is 17.9 Å². The summed E-state index contributed by atoms with van der Waals surface area (Å²) < 4.78 is 40.8. The lowest BCUT2D eigenvalue weighted by Crippen LogP contribution is -2.08. The van der Waals surface area contributed by atoms with Crippen molar-refractivity contribution in [3.63, 3.8) is 0 Å². The van der Waals surface area contributed by atoms with Gasteiger partial charge in [0.15, 0.2) is 0 Å². The Bertz CT molecular complexity index is 371. The lowest BCUT2D eigenvalue weighted by atomic mass is 10.2. The average Bonchev–Trinajstić information content (AvgIpc) is 2.24. The fraction of sp³-hybridized carbons (Fsp3) is 0.400. The molecule has 7 heteroatoms. The van der Waals surface area contributed by atoms with Gasteiger partial charge in [0.05, 0.1) is 12.5 Å². The third-order valence-corrected chi connectivity index (χ3v) is 2.99. The highest BCUT2D eigenvalue weighted by molar-refractivity contribution is 8.00. The first-order valence-corrected chi connectivity index (χ1v) is 6.50.